The lowest BCUT2D eigenvalue weighted by Gasteiger charge is -2.35. The molecule has 0 bridgehead atoms. The second-order valence-corrected chi connectivity index (χ2v) is 5.98. The lowest BCUT2D eigenvalue weighted by atomic mass is 10.0. The normalized spacial score (nSPS) is 17.6. The van der Waals surface area contributed by atoms with Gasteiger partial charge in [0.25, 0.3) is 0 Å². The van der Waals surface area contributed by atoms with Crippen molar-refractivity contribution in [2.45, 2.75) is 18.9 Å². The second-order valence-electron chi connectivity index (χ2n) is 5.98. The highest BCUT2D eigenvalue weighted by atomic mass is 15.2. The third kappa shape index (κ3) is 2.65. The lowest BCUT2D eigenvalue weighted by Crippen LogP contribution is -2.42. The fourth-order valence-corrected chi connectivity index (χ4v) is 3.30. The topological polar surface area (TPSA) is 69.2 Å². The van der Waals surface area contributed by atoms with Gasteiger partial charge in [-0.15, -0.1) is 0 Å². The average Bonchev–Trinajstić information content (AvgIpc) is 3.12. The van der Waals surface area contributed by atoms with Gasteiger partial charge < -0.3 is 10.2 Å². The maximum Gasteiger partial charge on any atom is 0.208 e. The van der Waals surface area contributed by atoms with Crippen LogP contribution in [-0.2, 0) is 0 Å². The quantitative estimate of drug-likeness (QED) is 0.804. The van der Waals surface area contributed by atoms with Crippen LogP contribution in [0.4, 0.5) is 11.6 Å². The maximum absolute atomic E-state index is 9.33. The Labute approximate surface area is 140 Å². The Bertz CT molecular complexity index is 894. The van der Waals surface area contributed by atoms with E-state index in [1.54, 1.807) is 12.4 Å². The van der Waals surface area contributed by atoms with E-state index in [2.05, 4.69) is 26.3 Å². The number of benzene rings is 1. The molecule has 6 nitrogen and oxygen atoms in total. The highest BCUT2D eigenvalue weighted by Crippen LogP contribution is 2.24. The van der Waals surface area contributed by atoms with Crippen molar-refractivity contribution in [3.63, 3.8) is 0 Å². The Morgan fingerprint density at radius 1 is 1.17 bits per heavy atom. The third-order valence-corrected chi connectivity index (χ3v) is 4.44. The molecule has 0 spiro atoms. The molecule has 24 heavy (non-hydrogen) atoms. The number of anilines is 2. The van der Waals surface area contributed by atoms with Crippen LogP contribution >= 0.6 is 0 Å². The predicted octanol–water partition coefficient (Wildman–Crippen LogP) is 2.68. The Balaban J connectivity index is 1.55. The number of nitrogens with one attached hydrogen (secondary N) is 1. The summed E-state index contributed by atoms with van der Waals surface area (Å²) >= 11 is 0. The number of para-hydroxylation sites is 1. The van der Waals surface area contributed by atoms with Crippen LogP contribution in [0.3, 0.4) is 0 Å². The van der Waals surface area contributed by atoms with E-state index in [0.717, 1.165) is 48.8 Å². The molecule has 1 unspecified atom stereocenters. The fraction of sp³-hybridized carbons (Fsp3) is 0.278. The highest BCUT2D eigenvalue weighted by molar-refractivity contribution is 5.59. The van der Waals surface area contributed by atoms with Gasteiger partial charge in [0.1, 0.15) is 11.7 Å². The van der Waals surface area contributed by atoms with Gasteiger partial charge in [-0.05, 0) is 31.0 Å². The second kappa shape index (κ2) is 6.20. The molecule has 1 aliphatic rings. The van der Waals surface area contributed by atoms with E-state index in [9.17, 15) is 5.26 Å². The van der Waals surface area contributed by atoms with Crippen molar-refractivity contribution in [2.75, 3.05) is 23.3 Å². The summed E-state index contributed by atoms with van der Waals surface area (Å²) in [6.45, 7) is 1.82. The first kappa shape index (κ1) is 14.5. The number of hydrogen-bond acceptors (Lipinski definition) is 5. The Morgan fingerprint density at radius 3 is 3.00 bits per heavy atom. The van der Waals surface area contributed by atoms with Gasteiger partial charge in [-0.2, -0.15) is 5.26 Å². The number of fused-ring (bicyclic) bond motifs is 1. The number of rotatable bonds is 3. The summed E-state index contributed by atoms with van der Waals surface area (Å²) in [5.74, 6) is 0.811. The molecule has 0 radical (unpaired) electrons. The van der Waals surface area contributed by atoms with E-state index in [4.69, 9.17) is 0 Å². The van der Waals surface area contributed by atoms with Crippen molar-refractivity contribution in [1.29, 1.82) is 5.26 Å². The number of piperidine rings is 1. The van der Waals surface area contributed by atoms with E-state index in [1.165, 1.54) is 0 Å². The van der Waals surface area contributed by atoms with E-state index < -0.39 is 0 Å². The van der Waals surface area contributed by atoms with Gasteiger partial charge >= 0.3 is 0 Å². The molecule has 0 aliphatic carbocycles. The Kier molecular flexibility index (Phi) is 3.75. The first-order valence-electron chi connectivity index (χ1n) is 8.14. The maximum atomic E-state index is 9.33. The first-order chi connectivity index (χ1) is 11.8. The van der Waals surface area contributed by atoms with Gasteiger partial charge in [0.2, 0.25) is 5.95 Å². The van der Waals surface area contributed by atoms with Gasteiger partial charge in [-0.25, -0.2) is 9.97 Å². The molecule has 120 valence electrons. The molecule has 4 rings (SSSR count). The summed E-state index contributed by atoms with van der Waals surface area (Å²) in [6.07, 6.45) is 7.63. The SMILES string of the molecule is N#Cc1ccccc1N1CCCC(Nc2nccc3nccn23)C1. The summed E-state index contributed by atoms with van der Waals surface area (Å²) in [5.41, 5.74) is 2.63. The molecule has 2 aromatic heterocycles. The summed E-state index contributed by atoms with van der Waals surface area (Å²) in [5, 5.41) is 12.9. The van der Waals surface area contributed by atoms with Crippen LogP contribution in [0.1, 0.15) is 18.4 Å². The van der Waals surface area contributed by atoms with Gasteiger partial charge in [0.05, 0.1) is 11.3 Å². The first-order valence-corrected chi connectivity index (χ1v) is 8.14. The monoisotopic (exact) mass is 318 g/mol. The lowest BCUT2D eigenvalue weighted by molar-refractivity contribution is 0.527. The molecule has 6 heteroatoms. The van der Waals surface area contributed by atoms with Gasteiger partial charge in [0.15, 0.2) is 0 Å². The van der Waals surface area contributed by atoms with Gasteiger partial charge in [0, 0.05) is 37.7 Å². The number of nitriles is 1. The summed E-state index contributed by atoms with van der Waals surface area (Å²) in [4.78, 5) is 11.0. The minimum Gasteiger partial charge on any atom is -0.368 e. The zero-order valence-electron chi connectivity index (χ0n) is 13.3. The van der Waals surface area contributed by atoms with Crippen LogP contribution in [-0.4, -0.2) is 33.5 Å². The molecule has 3 aromatic rings. The highest BCUT2D eigenvalue weighted by Gasteiger charge is 2.22. The van der Waals surface area contributed by atoms with E-state index >= 15 is 0 Å². The van der Waals surface area contributed by atoms with Crippen LogP contribution in [0.2, 0.25) is 0 Å². The molecule has 1 saturated heterocycles. The molecule has 0 amide bonds. The van der Waals surface area contributed by atoms with Crippen molar-refractivity contribution in [2.24, 2.45) is 0 Å². The fourth-order valence-electron chi connectivity index (χ4n) is 3.30. The molecule has 1 aromatic carbocycles. The van der Waals surface area contributed by atoms with Crippen molar-refractivity contribution in [3.05, 3.63) is 54.5 Å². The van der Waals surface area contributed by atoms with Crippen molar-refractivity contribution in [3.8, 4) is 6.07 Å². The summed E-state index contributed by atoms with van der Waals surface area (Å²) in [6, 6.07) is 12.3. The van der Waals surface area contributed by atoms with Crippen molar-refractivity contribution in [1.82, 2.24) is 14.4 Å². The van der Waals surface area contributed by atoms with Crippen LogP contribution < -0.4 is 10.2 Å². The third-order valence-electron chi connectivity index (χ3n) is 4.44. The molecule has 1 atom stereocenters. The van der Waals surface area contributed by atoms with Gasteiger partial charge in [-0.3, -0.25) is 4.40 Å². The smallest absolute Gasteiger partial charge is 0.208 e. The van der Waals surface area contributed by atoms with Gasteiger partial charge in [-0.1, -0.05) is 12.1 Å². The minimum atomic E-state index is 0.283. The van der Waals surface area contributed by atoms with Crippen LogP contribution in [0, 0.1) is 11.3 Å². The number of aromatic nitrogens is 3. The Hall–Kier alpha value is -3.07. The number of hydrogen-bond donors (Lipinski definition) is 1. The predicted molar refractivity (Wildman–Crippen MR) is 93.0 cm³/mol. The van der Waals surface area contributed by atoms with Crippen LogP contribution in [0.25, 0.3) is 5.65 Å². The van der Waals surface area contributed by atoms with Crippen LogP contribution in [0.15, 0.2) is 48.9 Å². The minimum absolute atomic E-state index is 0.283. The Morgan fingerprint density at radius 2 is 2.08 bits per heavy atom. The van der Waals surface area contributed by atoms with Crippen LogP contribution in [0.5, 0.6) is 0 Å². The van der Waals surface area contributed by atoms with E-state index in [1.807, 2.05) is 40.9 Å². The molecular formula is C18H18N6. The zero-order valence-corrected chi connectivity index (χ0v) is 13.3. The molecule has 3 heterocycles. The van der Waals surface area contributed by atoms with E-state index in [-0.39, 0.29) is 6.04 Å². The molecule has 1 aliphatic heterocycles. The summed E-state index contributed by atoms with van der Waals surface area (Å²) < 4.78 is 1.96. The largest absolute Gasteiger partial charge is 0.368 e. The molecule has 1 fully saturated rings. The molecule has 1 N–H and O–H groups in total. The van der Waals surface area contributed by atoms with Crippen molar-refractivity contribution >= 4 is 17.3 Å². The number of imidazole rings is 1. The average molecular weight is 318 g/mol. The molecule has 0 saturated carbocycles. The number of nitrogens with zero attached hydrogens (tertiary/aromatic N) is 5. The zero-order chi connectivity index (χ0) is 16.4. The standard InChI is InChI=1S/C18H18N6/c19-12-14-4-1-2-6-16(14)23-10-3-5-15(13-23)22-18-21-8-7-17-20-9-11-24(17)18/h1-2,4,6-9,11,15H,3,5,10,13H2,(H,21,22). The van der Waals surface area contributed by atoms with Crippen molar-refractivity contribution < 1.29 is 0 Å². The van der Waals surface area contributed by atoms with E-state index in [0.29, 0.717) is 0 Å². The molecular weight excluding hydrogens is 300 g/mol. The summed E-state index contributed by atoms with van der Waals surface area (Å²) in [7, 11) is 0.